The fourth-order valence-electron chi connectivity index (χ4n) is 2.20. The molecule has 94 valence electrons. The Morgan fingerprint density at radius 1 is 1.06 bits per heavy atom. The van der Waals surface area contributed by atoms with E-state index in [4.69, 9.17) is 4.74 Å². The predicted molar refractivity (Wildman–Crippen MR) is 73.6 cm³/mol. The number of allylic oxidation sites excluding steroid dienone is 4. The van der Waals surface area contributed by atoms with Crippen LogP contribution in [-0.4, -0.2) is 12.9 Å². The standard InChI is InChI=1S/C16H18O2/c1-12-10-14(4-3-5-15(17)11-12)13-6-8-16(18-2)9-7-13/h6-11H,3-5H2,1-2H3/b12-11-,14-10+. The summed E-state index contributed by atoms with van der Waals surface area (Å²) in [7, 11) is 1.67. The molecule has 0 amide bonds. The van der Waals surface area contributed by atoms with Crippen LogP contribution >= 0.6 is 0 Å². The van der Waals surface area contributed by atoms with Gasteiger partial charge in [0, 0.05) is 6.42 Å². The first kappa shape index (κ1) is 12.6. The van der Waals surface area contributed by atoms with Gasteiger partial charge < -0.3 is 4.74 Å². The van der Waals surface area contributed by atoms with Crippen LogP contribution in [0.4, 0.5) is 0 Å². The lowest BCUT2D eigenvalue weighted by molar-refractivity contribution is -0.114. The van der Waals surface area contributed by atoms with Crippen molar-refractivity contribution in [1.29, 1.82) is 0 Å². The third-order valence-corrected chi connectivity index (χ3v) is 3.12. The van der Waals surface area contributed by atoms with Gasteiger partial charge in [0.25, 0.3) is 0 Å². The molecule has 0 heterocycles. The molecule has 0 N–H and O–H groups in total. The second kappa shape index (κ2) is 5.67. The van der Waals surface area contributed by atoms with E-state index in [2.05, 4.69) is 18.2 Å². The second-order valence-corrected chi connectivity index (χ2v) is 4.61. The monoisotopic (exact) mass is 242 g/mol. The Morgan fingerprint density at radius 2 is 1.78 bits per heavy atom. The lowest BCUT2D eigenvalue weighted by Gasteiger charge is -2.11. The zero-order valence-electron chi connectivity index (χ0n) is 10.9. The van der Waals surface area contributed by atoms with Gasteiger partial charge in [0.15, 0.2) is 5.78 Å². The molecule has 1 aliphatic carbocycles. The van der Waals surface area contributed by atoms with Gasteiger partial charge >= 0.3 is 0 Å². The highest BCUT2D eigenvalue weighted by atomic mass is 16.5. The number of hydrogen-bond donors (Lipinski definition) is 0. The van der Waals surface area contributed by atoms with Gasteiger partial charge in [-0.25, -0.2) is 0 Å². The summed E-state index contributed by atoms with van der Waals surface area (Å²) in [4.78, 5) is 11.5. The average molecular weight is 242 g/mol. The van der Waals surface area contributed by atoms with E-state index < -0.39 is 0 Å². The quantitative estimate of drug-likeness (QED) is 0.789. The second-order valence-electron chi connectivity index (χ2n) is 4.61. The van der Waals surface area contributed by atoms with E-state index in [0.717, 1.165) is 24.2 Å². The zero-order valence-corrected chi connectivity index (χ0v) is 10.9. The number of hydrogen-bond acceptors (Lipinski definition) is 2. The van der Waals surface area contributed by atoms with Gasteiger partial charge in [0.2, 0.25) is 0 Å². The smallest absolute Gasteiger partial charge is 0.155 e. The number of rotatable bonds is 2. The molecule has 0 unspecified atom stereocenters. The fraction of sp³-hybridized carbons (Fsp3) is 0.312. The Labute approximate surface area is 108 Å². The average Bonchev–Trinajstić information content (AvgIpc) is 2.35. The van der Waals surface area contributed by atoms with Crippen LogP contribution < -0.4 is 4.74 Å². The topological polar surface area (TPSA) is 26.3 Å². The number of ether oxygens (including phenoxy) is 1. The van der Waals surface area contributed by atoms with E-state index in [9.17, 15) is 4.79 Å². The van der Waals surface area contributed by atoms with Gasteiger partial charge in [-0.15, -0.1) is 0 Å². The highest BCUT2D eigenvalue weighted by Crippen LogP contribution is 2.26. The molecule has 1 aromatic rings. The van der Waals surface area contributed by atoms with Crippen LogP contribution in [0.1, 0.15) is 31.7 Å². The maximum atomic E-state index is 11.5. The molecule has 0 bridgehead atoms. The molecule has 0 spiro atoms. The minimum Gasteiger partial charge on any atom is -0.497 e. The molecular formula is C16H18O2. The maximum Gasteiger partial charge on any atom is 0.155 e. The normalized spacial score (nSPS) is 22.2. The van der Waals surface area contributed by atoms with Gasteiger partial charge in [0.1, 0.15) is 5.75 Å². The molecule has 1 aliphatic rings. The van der Waals surface area contributed by atoms with Crippen LogP contribution in [0.15, 0.2) is 42.0 Å². The molecule has 0 aliphatic heterocycles. The van der Waals surface area contributed by atoms with E-state index in [-0.39, 0.29) is 5.78 Å². The van der Waals surface area contributed by atoms with Crippen LogP contribution in [0.5, 0.6) is 5.75 Å². The summed E-state index contributed by atoms with van der Waals surface area (Å²) in [6, 6.07) is 8.08. The molecule has 0 aromatic heterocycles. The lowest BCUT2D eigenvalue weighted by atomic mass is 9.94. The fourth-order valence-corrected chi connectivity index (χ4v) is 2.20. The first-order valence-corrected chi connectivity index (χ1v) is 6.25. The zero-order chi connectivity index (χ0) is 13.0. The van der Waals surface area contributed by atoms with Gasteiger partial charge in [-0.05, 0) is 54.7 Å². The van der Waals surface area contributed by atoms with Gasteiger partial charge in [-0.1, -0.05) is 18.2 Å². The predicted octanol–water partition coefficient (Wildman–Crippen LogP) is 3.78. The largest absolute Gasteiger partial charge is 0.497 e. The molecule has 0 saturated heterocycles. The maximum absolute atomic E-state index is 11.5. The van der Waals surface area contributed by atoms with Crippen molar-refractivity contribution in [3.8, 4) is 5.75 Å². The lowest BCUT2D eigenvalue weighted by Crippen LogP contribution is -1.98. The Balaban J connectivity index is 2.29. The van der Waals surface area contributed by atoms with Crippen molar-refractivity contribution in [2.24, 2.45) is 0 Å². The molecule has 0 atom stereocenters. The van der Waals surface area contributed by atoms with Crippen molar-refractivity contribution in [1.82, 2.24) is 0 Å². The van der Waals surface area contributed by atoms with Crippen molar-refractivity contribution < 1.29 is 9.53 Å². The van der Waals surface area contributed by atoms with Crippen molar-refractivity contribution in [2.45, 2.75) is 26.2 Å². The summed E-state index contributed by atoms with van der Waals surface area (Å²) in [5.74, 6) is 1.10. The number of methoxy groups -OCH3 is 1. The Kier molecular flexibility index (Phi) is 3.98. The molecule has 2 heteroatoms. The Hall–Kier alpha value is -1.83. The number of benzene rings is 1. The van der Waals surface area contributed by atoms with Crippen LogP contribution in [0.25, 0.3) is 5.57 Å². The van der Waals surface area contributed by atoms with Crippen LogP contribution in [0.3, 0.4) is 0 Å². The summed E-state index contributed by atoms with van der Waals surface area (Å²) in [6.07, 6.45) is 6.36. The minimum absolute atomic E-state index is 0.234. The van der Waals surface area contributed by atoms with Gasteiger partial charge in [-0.3, -0.25) is 4.79 Å². The molecule has 0 fully saturated rings. The SMILES string of the molecule is COc1ccc(/C2=C/C(C)=C\C(=O)CCC2)cc1. The van der Waals surface area contributed by atoms with E-state index in [0.29, 0.717) is 6.42 Å². The molecule has 2 rings (SSSR count). The van der Waals surface area contributed by atoms with Crippen LogP contribution in [0.2, 0.25) is 0 Å². The summed E-state index contributed by atoms with van der Waals surface area (Å²) in [5, 5.41) is 0. The molecule has 2 nitrogen and oxygen atoms in total. The first-order chi connectivity index (χ1) is 8.69. The Bertz CT molecular complexity index is 492. The van der Waals surface area contributed by atoms with E-state index in [1.165, 1.54) is 11.1 Å². The molecular weight excluding hydrogens is 224 g/mol. The van der Waals surface area contributed by atoms with Crippen molar-refractivity contribution in [2.75, 3.05) is 7.11 Å². The van der Waals surface area contributed by atoms with Crippen molar-refractivity contribution >= 4 is 11.4 Å². The third-order valence-electron chi connectivity index (χ3n) is 3.12. The Morgan fingerprint density at radius 3 is 2.44 bits per heavy atom. The third kappa shape index (κ3) is 3.10. The van der Waals surface area contributed by atoms with E-state index >= 15 is 0 Å². The highest BCUT2D eigenvalue weighted by molar-refractivity contribution is 5.91. The molecule has 18 heavy (non-hydrogen) atoms. The molecule has 0 saturated carbocycles. The minimum atomic E-state index is 0.234. The van der Waals surface area contributed by atoms with Gasteiger partial charge in [-0.2, -0.15) is 0 Å². The van der Waals surface area contributed by atoms with Crippen LogP contribution in [-0.2, 0) is 4.79 Å². The van der Waals surface area contributed by atoms with Crippen LogP contribution in [0, 0.1) is 0 Å². The molecule has 0 radical (unpaired) electrons. The van der Waals surface area contributed by atoms with Gasteiger partial charge in [0.05, 0.1) is 7.11 Å². The first-order valence-electron chi connectivity index (χ1n) is 6.25. The number of carbonyl (C=O) groups excluding carboxylic acids is 1. The summed E-state index contributed by atoms with van der Waals surface area (Å²) in [5.41, 5.74) is 3.53. The van der Waals surface area contributed by atoms with Crippen molar-refractivity contribution in [3.05, 3.63) is 47.6 Å². The van der Waals surface area contributed by atoms with E-state index in [1.807, 2.05) is 19.1 Å². The highest BCUT2D eigenvalue weighted by Gasteiger charge is 2.08. The summed E-state index contributed by atoms with van der Waals surface area (Å²) in [6.45, 7) is 1.98. The van der Waals surface area contributed by atoms with Crippen molar-refractivity contribution in [3.63, 3.8) is 0 Å². The molecule has 1 aromatic carbocycles. The number of ketones is 1. The van der Waals surface area contributed by atoms with E-state index in [1.54, 1.807) is 13.2 Å². The summed E-state index contributed by atoms with van der Waals surface area (Å²) < 4.78 is 5.16. The summed E-state index contributed by atoms with van der Waals surface area (Å²) >= 11 is 0. The number of carbonyl (C=O) groups is 1.